The maximum atomic E-state index is 13.4. The lowest BCUT2D eigenvalue weighted by Gasteiger charge is -2.40. The molecule has 2 aromatic carbocycles. The Bertz CT molecular complexity index is 1150. The predicted molar refractivity (Wildman–Crippen MR) is 121 cm³/mol. The highest BCUT2D eigenvalue weighted by molar-refractivity contribution is 8.45. The number of benzene rings is 2. The third-order valence-electron chi connectivity index (χ3n) is 4.69. The SMILES string of the molecule is C=C(Nc1cccc(S(F)(F)(F)(F)F)c1)C(C)(C)CS(=C)(=C)c1ccccc1C(F)(F)F. The highest BCUT2D eigenvalue weighted by Crippen LogP contribution is 3.02. The highest BCUT2D eigenvalue weighted by atomic mass is 32.5. The minimum Gasteiger partial charge on any atom is -0.359 e. The number of allylic oxidation sites excluding steroid dienone is 1. The fourth-order valence-electron chi connectivity index (χ4n) is 3.09. The van der Waals surface area contributed by atoms with Crippen molar-refractivity contribution >= 4 is 36.9 Å². The molecule has 32 heavy (non-hydrogen) atoms. The summed E-state index contributed by atoms with van der Waals surface area (Å²) in [7, 11) is -12.4. The lowest BCUT2D eigenvalue weighted by atomic mass is 9.92. The zero-order valence-electron chi connectivity index (χ0n) is 17.3. The Morgan fingerprint density at radius 1 is 0.938 bits per heavy atom. The third kappa shape index (κ3) is 6.22. The van der Waals surface area contributed by atoms with Crippen molar-refractivity contribution in [1.29, 1.82) is 0 Å². The van der Waals surface area contributed by atoms with Crippen LogP contribution < -0.4 is 5.32 Å². The first-order chi connectivity index (χ1) is 14.0. The van der Waals surface area contributed by atoms with Crippen molar-refractivity contribution in [3.05, 3.63) is 66.4 Å². The predicted octanol–water partition coefficient (Wildman–Crippen LogP) is 9.04. The average molecular weight is 506 g/mol. The van der Waals surface area contributed by atoms with Gasteiger partial charge in [-0.15, -0.1) is 0 Å². The summed E-state index contributed by atoms with van der Waals surface area (Å²) in [6, 6.07) is 7.44. The molecule has 2 aromatic rings. The van der Waals surface area contributed by atoms with E-state index in [1.54, 1.807) is 13.8 Å². The van der Waals surface area contributed by atoms with Crippen molar-refractivity contribution in [2.24, 2.45) is 5.41 Å². The maximum Gasteiger partial charge on any atom is 0.417 e. The fraction of sp³-hybridized carbons (Fsp3) is 0.238. The number of hydrogen-bond donors (Lipinski definition) is 1. The second-order valence-electron chi connectivity index (χ2n) is 8.17. The van der Waals surface area contributed by atoms with Crippen LogP contribution in [-0.4, -0.2) is 17.5 Å². The quantitative estimate of drug-likeness (QED) is 0.292. The molecule has 0 atom stereocenters. The second-order valence-corrected chi connectivity index (χ2v) is 13.4. The van der Waals surface area contributed by atoms with Gasteiger partial charge < -0.3 is 5.32 Å². The molecule has 1 nitrogen and oxygen atoms in total. The normalized spacial score (nSPS) is 15.6. The number of nitrogens with one attached hydrogen (secondary N) is 1. The lowest BCUT2D eigenvalue weighted by Crippen LogP contribution is -2.25. The van der Waals surface area contributed by atoms with Crippen molar-refractivity contribution in [2.45, 2.75) is 29.8 Å². The van der Waals surface area contributed by atoms with Crippen molar-refractivity contribution in [1.82, 2.24) is 0 Å². The van der Waals surface area contributed by atoms with Crippen LogP contribution in [0.1, 0.15) is 19.4 Å². The van der Waals surface area contributed by atoms with Crippen LogP contribution in [-0.2, 0) is 6.18 Å². The molecule has 0 aliphatic rings. The number of alkyl halides is 3. The van der Waals surface area contributed by atoms with Gasteiger partial charge in [-0.3, -0.25) is 0 Å². The van der Waals surface area contributed by atoms with E-state index in [1.807, 2.05) is 0 Å². The van der Waals surface area contributed by atoms with Crippen molar-refractivity contribution in [3.63, 3.8) is 0 Å². The molecule has 0 unspecified atom stereocenters. The van der Waals surface area contributed by atoms with Gasteiger partial charge in [-0.25, -0.2) is 0 Å². The van der Waals surface area contributed by atoms with Crippen molar-refractivity contribution in [3.8, 4) is 0 Å². The Labute approximate surface area is 182 Å². The second kappa shape index (κ2) is 7.18. The Morgan fingerprint density at radius 2 is 1.50 bits per heavy atom. The summed E-state index contributed by atoms with van der Waals surface area (Å²) < 4.78 is 106. The summed E-state index contributed by atoms with van der Waals surface area (Å²) in [6.45, 7) is 6.97. The summed E-state index contributed by atoms with van der Waals surface area (Å²) in [6.07, 6.45) is -4.62. The first-order valence-corrected chi connectivity index (χ1v) is 13.1. The molecule has 0 aromatic heterocycles. The molecule has 0 saturated carbocycles. The van der Waals surface area contributed by atoms with E-state index in [-0.39, 0.29) is 34.2 Å². The van der Waals surface area contributed by atoms with Gasteiger partial charge in [0.1, 0.15) is 4.90 Å². The van der Waals surface area contributed by atoms with Crippen LogP contribution in [0, 0.1) is 5.41 Å². The lowest BCUT2D eigenvalue weighted by molar-refractivity contribution is -0.139. The highest BCUT2D eigenvalue weighted by Gasteiger charge is 2.65. The molecule has 180 valence electrons. The van der Waals surface area contributed by atoms with Crippen molar-refractivity contribution in [2.75, 3.05) is 11.1 Å². The van der Waals surface area contributed by atoms with Crippen LogP contribution in [0.3, 0.4) is 0 Å². The number of halogens is 8. The van der Waals surface area contributed by atoms with E-state index in [4.69, 9.17) is 0 Å². The van der Waals surface area contributed by atoms with Gasteiger partial charge in [0.25, 0.3) is 0 Å². The van der Waals surface area contributed by atoms with Gasteiger partial charge >= 0.3 is 16.4 Å². The Morgan fingerprint density at radius 3 is 2.03 bits per heavy atom. The number of hydrogen-bond acceptors (Lipinski definition) is 1. The van der Waals surface area contributed by atoms with Crippen LogP contribution in [0.5, 0.6) is 0 Å². The van der Waals surface area contributed by atoms with Crippen LogP contribution in [0.25, 0.3) is 0 Å². The molecule has 0 heterocycles. The topological polar surface area (TPSA) is 12.0 Å². The Hall–Kier alpha value is -2.14. The smallest absolute Gasteiger partial charge is 0.359 e. The largest absolute Gasteiger partial charge is 0.417 e. The standard InChI is InChI=1S/C21H23F8NS2/c1-15(30-16-9-8-10-17(13-16)32(25,26,27,28)29)20(2,3)14-31(4,5)19-12-7-6-11-18(19)21(22,23)24/h6-13,30H,1,4-5,14H2,2-3H3. The van der Waals surface area contributed by atoms with Crippen LogP contribution >= 0.6 is 19.4 Å². The molecule has 0 amide bonds. The van der Waals surface area contributed by atoms with Gasteiger partial charge in [0.2, 0.25) is 0 Å². The maximum absolute atomic E-state index is 13.4. The fourth-order valence-corrected chi connectivity index (χ4v) is 6.51. The third-order valence-corrected chi connectivity index (χ3v) is 8.40. The van der Waals surface area contributed by atoms with E-state index in [0.29, 0.717) is 0 Å². The zero-order chi connectivity index (χ0) is 24.9. The minimum atomic E-state index is -9.88. The average Bonchev–Trinajstić information content (AvgIpc) is 2.58. The van der Waals surface area contributed by atoms with Gasteiger partial charge in [-0.1, -0.05) is 69.8 Å². The van der Waals surface area contributed by atoms with Gasteiger partial charge in [0.15, 0.2) is 0 Å². The summed E-state index contributed by atoms with van der Waals surface area (Å²) in [5, 5.41) is 2.57. The minimum absolute atomic E-state index is 0.000172. The van der Waals surface area contributed by atoms with Gasteiger partial charge in [-0.2, -0.15) is 22.4 Å². The molecule has 1 N–H and O–H groups in total. The first-order valence-electron chi connectivity index (χ1n) is 8.97. The van der Waals surface area contributed by atoms with E-state index in [1.165, 1.54) is 18.2 Å². The molecular formula is C21H23F8NS2. The number of anilines is 1. The van der Waals surface area contributed by atoms with Gasteiger partial charge in [0.05, 0.1) is 5.56 Å². The molecule has 0 saturated heterocycles. The summed E-state index contributed by atoms with van der Waals surface area (Å²) in [5.74, 6) is 7.83. The zero-order valence-corrected chi connectivity index (χ0v) is 18.9. The van der Waals surface area contributed by atoms with Crippen LogP contribution in [0.15, 0.2) is 70.6 Å². The monoisotopic (exact) mass is 505 g/mol. The van der Waals surface area contributed by atoms with Crippen molar-refractivity contribution < 1.29 is 32.6 Å². The first kappa shape index (κ1) is 26.1. The van der Waals surface area contributed by atoms with E-state index >= 15 is 0 Å². The van der Waals surface area contributed by atoms with E-state index in [9.17, 15) is 32.6 Å². The molecule has 0 aliphatic heterocycles. The molecule has 11 heteroatoms. The summed E-state index contributed by atoms with van der Waals surface area (Å²) >= 11 is 0. The van der Waals surface area contributed by atoms with E-state index < -0.39 is 41.5 Å². The Kier molecular flexibility index (Phi) is 5.86. The van der Waals surface area contributed by atoms with E-state index in [2.05, 4.69) is 23.6 Å². The Balaban J connectivity index is 2.34. The molecule has 0 radical (unpaired) electrons. The molecule has 0 spiro atoms. The molecule has 0 fully saturated rings. The van der Waals surface area contributed by atoms with Crippen LogP contribution in [0.4, 0.5) is 38.3 Å². The number of rotatable bonds is 7. The molecular weight excluding hydrogens is 482 g/mol. The molecule has 0 aliphatic carbocycles. The van der Waals surface area contributed by atoms with Crippen LogP contribution in [0.2, 0.25) is 0 Å². The van der Waals surface area contributed by atoms with Gasteiger partial charge in [-0.05, 0) is 36.1 Å². The molecule has 0 bridgehead atoms. The van der Waals surface area contributed by atoms with E-state index in [0.717, 1.165) is 18.2 Å². The molecule has 2 rings (SSSR count). The van der Waals surface area contributed by atoms with Gasteiger partial charge in [0, 0.05) is 21.7 Å². The summed E-state index contributed by atoms with van der Waals surface area (Å²) in [4.78, 5) is -2.13. The summed E-state index contributed by atoms with van der Waals surface area (Å²) in [5.41, 5.74) is -2.02.